The molecule has 1 aromatic rings. The Morgan fingerprint density at radius 2 is 2.29 bits per heavy atom. The second-order valence-electron chi connectivity index (χ2n) is 3.56. The third kappa shape index (κ3) is 2.67. The van der Waals surface area contributed by atoms with Crippen LogP contribution in [0.3, 0.4) is 0 Å². The summed E-state index contributed by atoms with van der Waals surface area (Å²) in [6.07, 6.45) is 1.92. The first-order valence-corrected chi connectivity index (χ1v) is 4.60. The van der Waals surface area contributed by atoms with E-state index >= 15 is 0 Å². The Balaban J connectivity index is 2.72. The number of halogens is 1. The van der Waals surface area contributed by atoms with E-state index in [1.54, 1.807) is 6.07 Å². The Morgan fingerprint density at radius 1 is 1.57 bits per heavy atom. The molecule has 4 heteroatoms. The van der Waals surface area contributed by atoms with Gasteiger partial charge in [0.05, 0.1) is 18.3 Å². The molecule has 0 fully saturated rings. The molecule has 0 amide bonds. The van der Waals surface area contributed by atoms with Crippen molar-refractivity contribution in [3.63, 3.8) is 0 Å². The zero-order valence-corrected chi connectivity index (χ0v) is 8.42. The zero-order chi connectivity index (χ0) is 10.6. The first kappa shape index (κ1) is 10.9. The molecule has 0 aromatic carbocycles. The highest BCUT2D eigenvalue weighted by Gasteiger charge is 2.20. The van der Waals surface area contributed by atoms with Crippen LogP contribution < -0.4 is 5.32 Å². The van der Waals surface area contributed by atoms with Gasteiger partial charge in [-0.3, -0.25) is 0 Å². The van der Waals surface area contributed by atoms with Crippen LogP contribution in [0.1, 0.15) is 20.3 Å². The molecule has 1 heterocycles. The average Bonchev–Trinajstić information content (AvgIpc) is 2.21. The van der Waals surface area contributed by atoms with E-state index in [4.69, 9.17) is 5.11 Å². The summed E-state index contributed by atoms with van der Waals surface area (Å²) in [6, 6.07) is 2.89. The number of nitrogens with zero attached hydrogens (tertiary/aromatic N) is 1. The van der Waals surface area contributed by atoms with Crippen LogP contribution in [0.5, 0.6) is 0 Å². The van der Waals surface area contributed by atoms with E-state index in [2.05, 4.69) is 10.3 Å². The molecule has 0 radical (unpaired) electrons. The van der Waals surface area contributed by atoms with Crippen molar-refractivity contribution < 1.29 is 9.50 Å². The first-order valence-electron chi connectivity index (χ1n) is 4.60. The largest absolute Gasteiger partial charge is 0.394 e. The Labute approximate surface area is 83.0 Å². The van der Waals surface area contributed by atoms with E-state index in [1.165, 1.54) is 6.07 Å². The Kier molecular flexibility index (Phi) is 3.41. The highest BCUT2D eigenvalue weighted by molar-refractivity contribution is 5.36. The normalized spacial score (nSPS) is 14.9. The molecule has 14 heavy (non-hydrogen) atoms. The molecule has 1 rings (SSSR count). The summed E-state index contributed by atoms with van der Waals surface area (Å²) in [5, 5.41) is 12.2. The van der Waals surface area contributed by atoms with E-state index < -0.39 is 5.54 Å². The lowest BCUT2D eigenvalue weighted by Gasteiger charge is -2.27. The van der Waals surface area contributed by atoms with Gasteiger partial charge < -0.3 is 10.4 Å². The highest BCUT2D eigenvalue weighted by atomic mass is 19.1. The molecule has 0 saturated carbocycles. The van der Waals surface area contributed by atoms with Crippen molar-refractivity contribution in [2.24, 2.45) is 0 Å². The van der Waals surface area contributed by atoms with Gasteiger partial charge in [0.25, 0.3) is 0 Å². The first-order chi connectivity index (χ1) is 6.59. The molecule has 0 aliphatic heterocycles. The minimum Gasteiger partial charge on any atom is -0.394 e. The molecule has 1 unspecified atom stereocenters. The van der Waals surface area contributed by atoms with Gasteiger partial charge in [-0.25, -0.2) is 9.37 Å². The molecular formula is C10H15FN2O. The quantitative estimate of drug-likeness (QED) is 0.775. The highest BCUT2D eigenvalue weighted by Crippen LogP contribution is 2.15. The molecule has 0 saturated heterocycles. The standard InChI is InChI=1S/C10H15FN2O/c1-3-10(2,7-14)13-9-5-4-8(11)6-12-9/h4-6,14H,3,7H2,1-2H3,(H,12,13). The number of pyridine rings is 1. The van der Waals surface area contributed by atoms with Crippen molar-refractivity contribution in [1.29, 1.82) is 0 Å². The van der Waals surface area contributed by atoms with Crippen molar-refractivity contribution in [2.75, 3.05) is 11.9 Å². The van der Waals surface area contributed by atoms with E-state index in [9.17, 15) is 4.39 Å². The maximum atomic E-state index is 12.5. The molecule has 1 atom stereocenters. The second-order valence-corrected chi connectivity index (χ2v) is 3.56. The van der Waals surface area contributed by atoms with Gasteiger partial charge in [0.2, 0.25) is 0 Å². The molecular weight excluding hydrogens is 183 g/mol. The summed E-state index contributed by atoms with van der Waals surface area (Å²) in [4.78, 5) is 3.86. The number of rotatable bonds is 4. The average molecular weight is 198 g/mol. The zero-order valence-electron chi connectivity index (χ0n) is 8.42. The molecule has 78 valence electrons. The van der Waals surface area contributed by atoms with Gasteiger partial charge >= 0.3 is 0 Å². The monoisotopic (exact) mass is 198 g/mol. The number of aliphatic hydroxyl groups excluding tert-OH is 1. The number of hydrogen-bond acceptors (Lipinski definition) is 3. The predicted octanol–water partition coefficient (Wildman–Crippen LogP) is 1.79. The molecule has 0 aliphatic carbocycles. The summed E-state index contributed by atoms with van der Waals surface area (Å²) >= 11 is 0. The molecule has 3 nitrogen and oxygen atoms in total. The van der Waals surface area contributed by atoms with Crippen LogP contribution in [0.25, 0.3) is 0 Å². The van der Waals surface area contributed by atoms with Gasteiger partial charge in [-0.15, -0.1) is 0 Å². The molecule has 0 aliphatic rings. The lowest BCUT2D eigenvalue weighted by atomic mass is 10.0. The lowest BCUT2D eigenvalue weighted by Crippen LogP contribution is -2.38. The van der Waals surface area contributed by atoms with Crippen LogP contribution in [-0.4, -0.2) is 22.2 Å². The van der Waals surface area contributed by atoms with Gasteiger partial charge in [-0.1, -0.05) is 6.92 Å². The topological polar surface area (TPSA) is 45.1 Å². The minimum absolute atomic E-state index is 0.0164. The maximum absolute atomic E-state index is 12.5. The third-order valence-corrected chi connectivity index (χ3v) is 2.29. The summed E-state index contributed by atoms with van der Waals surface area (Å²) in [5.41, 5.74) is -0.398. The van der Waals surface area contributed by atoms with Crippen LogP contribution in [0, 0.1) is 5.82 Å². The fraction of sp³-hybridized carbons (Fsp3) is 0.500. The van der Waals surface area contributed by atoms with E-state index in [1.807, 2.05) is 13.8 Å². The van der Waals surface area contributed by atoms with Crippen LogP contribution in [0.15, 0.2) is 18.3 Å². The van der Waals surface area contributed by atoms with Gasteiger partial charge in [0.15, 0.2) is 0 Å². The van der Waals surface area contributed by atoms with Crippen molar-refractivity contribution in [3.05, 3.63) is 24.1 Å². The molecule has 1 aromatic heterocycles. The van der Waals surface area contributed by atoms with Gasteiger partial charge in [-0.2, -0.15) is 0 Å². The van der Waals surface area contributed by atoms with Crippen LogP contribution in [-0.2, 0) is 0 Å². The Bertz CT molecular complexity index is 283. The second kappa shape index (κ2) is 4.37. The van der Waals surface area contributed by atoms with E-state index in [0.29, 0.717) is 5.82 Å². The van der Waals surface area contributed by atoms with E-state index in [-0.39, 0.29) is 12.4 Å². The van der Waals surface area contributed by atoms with Crippen LogP contribution in [0.2, 0.25) is 0 Å². The number of anilines is 1. The number of aliphatic hydroxyl groups is 1. The maximum Gasteiger partial charge on any atom is 0.141 e. The van der Waals surface area contributed by atoms with Crippen molar-refractivity contribution in [1.82, 2.24) is 4.98 Å². The summed E-state index contributed by atoms with van der Waals surface area (Å²) in [7, 11) is 0. The summed E-state index contributed by atoms with van der Waals surface area (Å²) in [6.45, 7) is 3.87. The van der Waals surface area contributed by atoms with Crippen LogP contribution in [0.4, 0.5) is 10.2 Å². The fourth-order valence-electron chi connectivity index (χ4n) is 0.999. The van der Waals surface area contributed by atoms with Crippen LogP contribution >= 0.6 is 0 Å². The van der Waals surface area contributed by atoms with Crippen molar-refractivity contribution in [2.45, 2.75) is 25.8 Å². The molecule has 0 spiro atoms. The molecule has 2 N–H and O–H groups in total. The van der Waals surface area contributed by atoms with Crippen molar-refractivity contribution in [3.8, 4) is 0 Å². The van der Waals surface area contributed by atoms with Gasteiger partial charge in [-0.05, 0) is 25.5 Å². The molecule has 0 bridgehead atoms. The smallest absolute Gasteiger partial charge is 0.141 e. The lowest BCUT2D eigenvalue weighted by molar-refractivity contribution is 0.218. The summed E-state index contributed by atoms with van der Waals surface area (Å²) in [5.74, 6) is 0.211. The predicted molar refractivity (Wildman–Crippen MR) is 53.6 cm³/mol. The SMILES string of the molecule is CCC(C)(CO)Nc1ccc(F)cn1. The third-order valence-electron chi connectivity index (χ3n) is 2.29. The number of aromatic nitrogens is 1. The Hall–Kier alpha value is -1.16. The fourth-order valence-corrected chi connectivity index (χ4v) is 0.999. The minimum atomic E-state index is -0.398. The van der Waals surface area contributed by atoms with E-state index in [0.717, 1.165) is 12.6 Å². The van der Waals surface area contributed by atoms with Gasteiger partial charge in [0, 0.05) is 0 Å². The van der Waals surface area contributed by atoms with Crippen molar-refractivity contribution >= 4 is 5.82 Å². The number of nitrogens with one attached hydrogen (secondary N) is 1. The number of hydrogen-bond donors (Lipinski definition) is 2. The Morgan fingerprint density at radius 3 is 2.71 bits per heavy atom. The van der Waals surface area contributed by atoms with Gasteiger partial charge in [0.1, 0.15) is 11.6 Å². The summed E-state index contributed by atoms with van der Waals surface area (Å²) < 4.78 is 12.5.